The van der Waals surface area contributed by atoms with Crippen LogP contribution in [0.3, 0.4) is 0 Å². The van der Waals surface area contributed by atoms with Crippen molar-refractivity contribution in [2.75, 3.05) is 19.6 Å². The van der Waals surface area contributed by atoms with Crippen LogP contribution >= 0.6 is 0 Å². The second-order valence-electron chi connectivity index (χ2n) is 7.08. The number of hydrogen-bond donors (Lipinski definition) is 2. The second kappa shape index (κ2) is 9.84. The molecule has 1 heterocycles. The van der Waals surface area contributed by atoms with E-state index in [2.05, 4.69) is 17.2 Å². The molecular formula is C20H29N3O4S. The average Bonchev–Trinajstić information content (AvgIpc) is 2.68. The lowest BCUT2D eigenvalue weighted by molar-refractivity contribution is -0.139. The maximum absolute atomic E-state index is 13.3. The Balaban J connectivity index is 2.05. The normalized spacial score (nSPS) is 17.7. The Labute approximate surface area is 167 Å². The van der Waals surface area contributed by atoms with Gasteiger partial charge in [0.1, 0.15) is 0 Å². The summed E-state index contributed by atoms with van der Waals surface area (Å²) in [5.41, 5.74) is 1.62. The minimum Gasteiger partial charge on any atom is -0.348 e. The molecule has 0 aliphatic carbocycles. The number of nitrogens with one attached hydrogen (secondary N) is 2. The molecule has 0 aromatic heterocycles. The molecule has 1 aliphatic heterocycles. The second-order valence-corrected chi connectivity index (χ2v) is 8.94. The number of piperidine rings is 1. The van der Waals surface area contributed by atoms with Crippen molar-refractivity contribution in [3.63, 3.8) is 0 Å². The van der Waals surface area contributed by atoms with Gasteiger partial charge in [-0.2, -0.15) is 4.31 Å². The highest BCUT2D eigenvalue weighted by Crippen LogP contribution is 2.29. The van der Waals surface area contributed by atoms with Crippen molar-refractivity contribution in [2.24, 2.45) is 0 Å². The van der Waals surface area contributed by atoms with Crippen molar-refractivity contribution in [1.82, 2.24) is 14.9 Å². The first-order valence-electron chi connectivity index (χ1n) is 9.53. The number of amides is 2. The molecule has 1 aliphatic rings. The van der Waals surface area contributed by atoms with Gasteiger partial charge in [0, 0.05) is 25.7 Å². The summed E-state index contributed by atoms with van der Waals surface area (Å²) in [6.07, 6.45) is 4.45. The molecule has 0 saturated carbocycles. The van der Waals surface area contributed by atoms with Crippen molar-refractivity contribution in [3.05, 3.63) is 42.0 Å². The van der Waals surface area contributed by atoms with E-state index in [9.17, 15) is 18.0 Å². The molecule has 1 atom stereocenters. The standard InChI is InChI=1S/C20H29N3O4S/c1-4-11-21-19(24)20(25)22-12-10-17-7-5-6-13-23(17)28(26,27)18-14-15(2)8-9-16(18)3/h4,8-9,14,17H,1,5-7,10-13H2,2-3H3,(H,21,24)(H,22,25)/t17-/m0/s1. The van der Waals surface area contributed by atoms with Gasteiger partial charge in [0.05, 0.1) is 4.90 Å². The maximum atomic E-state index is 13.3. The predicted octanol–water partition coefficient (Wildman–Crippen LogP) is 1.66. The molecule has 154 valence electrons. The van der Waals surface area contributed by atoms with Crippen LogP contribution in [0.2, 0.25) is 0 Å². The Morgan fingerprint density at radius 2 is 1.93 bits per heavy atom. The van der Waals surface area contributed by atoms with E-state index in [0.29, 0.717) is 17.9 Å². The minimum atomic E-state index is -3.61. The molecule has 0 radical (unpaired) electrons. The highest BCUT2D eigenvalue weighted by molar-refractivity contribution is 7.89. The van der Waals surface area contributed by atoms with Gasteiger partial charge < -0.3 is 10.6 Å². The molecule has 1 fully saturated rings. The third-order valence-corrected chi connectivity index (χ3v) is 6.97. The van der Waals surface area contributed by atoms with Gasteiger partial charge >= 0.3 is 11.8 Å². The van der Waals surface area contributed by atoms with Crippen LogP contribution in [0.15, 0.2) is 35.7 Å². The van der Waals surface area contributed by atoms with Gasteiger partial charge in [0.15, 0.2) is 0 Å². The van der Waals surface area contributed by atoms with Crippen LogP contribution in [0.5, 0.6) is 0 Å². The first-order chi connectivity index (χ1) is 13.3. The van der Waals surface area contributed by atoms with Crippen molar-refractivity contribution < 1.29 is 18.0 Å². The van der Waals surface area contributed by atoms with Crippen LogP contribution in [-0.2, 0) is 19.6 Å². The Hall–Kier alpha value is -2.19. The molecular weight excluding hydrogens is 378 g/mol. The smallest absolute Gasteiger partial charge is 0.309 e. The zero-order chi connectivity index (χ0) is 20.7. The molecule has 2 rings (SSSR count). The Kier molecular flexibility index (Phi) is 7.77. The van der Waals surface area contributed by atoms with Gasteiger partial charge in [0.2, 0.25) is 10.0 Å². The van der Waals surface area contributed by atoms with Crippen LogP contribution in [0.4, 0.5) is 0 Å². The summed E-state index contributed by atoms with van der Waals surface area (Å²) in [4.78, 5) is 23.7. The van der Waals surface area contributed by atoms with E-state index in [1.165, 1.54) is 6.08 Å². The molecule has 0 bridgehead atoms. The molecule has 0 unspecified atom stereocenters. The maximum Gasteiger partial charge on any atom is 0.309 e. The molecule has 0 spiro atoms. The summed E-state index contributed by atoms with van der Waals surface area (Å²) >= 11 is 0. The fourth-order valence-corrected chi connectivity index (χ4v) is 5.40. The van der Waals surface area contributed by atoms with Gasteiger partial charge in [0.25, 0.3) is 0 Å². The minimum absolute atomic E-state index is 0.199. The zero-order valence-corrected chi connectivity index (χ0v) is 17.3. The quantitative estimate of drug-likeness (QED) is 0.531. The highest BCUT2D eigenvalue weighted by atomic mass is 32.2. The summed E-state index contributed by atoms with van der Waals surface area (Å²) in [6.45, 7) is 8.07. The van der Waals surface area contributed by atoms with Crippen LogP contribution in [0, 0.1) is 13.8 Å². The molecule has 28 heavy (non-hydrogen) atoms. The van der Waals surface area contributed by atoms with Crippen LogP contribution in [0.25, 0.3) is 0 Å². The summed E-state index contributed by atoms with van der Waals surface area (Å²) in [6, 6.07) is 5.23. The van der Waals surface area contributed by atoms with Crippen molar-refractivity contribution in [1.29, 1.82) is 0 Å². The number of rotatable bonds is 7. The Morgan fingerprint density at radius 3 is 2.64 bits per heavy atom. The third-order valence-electron chi connectivity index (χ3n) is 4.88. The predicted molar refractivity (Wildman–Crippen MR) is 108 cm³/mol. The molecule has 8 heteroatoms. The van der Waals surface area contributed by atoms with E-state index >= 15 is 0 Å². The van der Waals surface area contributed by atoms with Crippen LogP contribution in [0.1, 0.15) is 36.8 Å². The Bertz CT molecular complexity index is 836. The Morgan fingerprint density at radius 1 is 1.21 bits per heavy atom. The highest BCUT2D eigenvalue weighted by Gasteiger charge is 2.34. The molecule has 1 aromatic carbocycles. The summed E-state index contributed by atoms with van der Waals surface area (Å²) < 4.78 is 28.1. The van der Waals surface area contributed by atoms with Gasteiger partial charge in [-0.1, -0.05) is 24.6 Å². The zero-order valence-electron chi connectivity index (χ0n) is 16.5. The third kappa shape index (κ3) is 5.42. The van der Waals surface area contributed by atoms with Gasteiger partial charge in [-0.05, 0) is 50.3 Å². The fourth-order valence-electron chi connectivity index (χ4n) is 3.37. The number of benzene rings is 1. The number of hydrogen-bond acceptors (Lipinski definition) is 4. The largest absolute Gasteiger partial charge is 0.348 e. The number of carbonyl (C=O) groups excluding carboxylic acids is 2. The number of nitrogens with zero attached hydrogens (tertiary/aromatic N) is 1. The molecule has 2 N–H and O–H groups in total. The molecule has 7 nitrogen and oxygen atoms in total. The lowest BCUT2D eigenvalue weighted by atomic mass is 10.0. The average molecular weight is 408 g/mol. The van der Waals surface area contributed by atoms with Crippen LogP contribution in [-0.4, -0.2) is 50.2 Å². The molecule has 1 saturated heterocycles. The van der Waals surface area contributed by atoms with E-state index in [1.54, 1.807) is 17.3 Å². The summed E-state index contributed by atoms with van der Waals surface area (Å²) in [5.74, 6) is -1.44. The summed E-state index contributed by atoms with van der Waals surface area (Å²) in [7, 11) is -3.61. The van der Waals surface area contributed by atoms with Gasteiger partial charge in [-0.15, -0.1) is 6.58 Å². The fraction of sp³-hybridized carbons (Fsp3) is 0.500. The topological polar surface area (TPSA) is 95.6 Å². The van der Waals surface area contributed by atoms with Crippen molar-refractivity contribution in [2.45, 2.75) is 50.5 Å². The monoisotopic (exact) mass is 407 g/mol. The number of carbonyl (C=O) groups is 2. The van der Waals surface area contributed by atoms with E-state index in [4.69, 9.17) is 0 Å². The lowest BCUT2D eigenvalue weighted by Crippen LogP contribution is -2.46. The van der Waals surface area contributed by atoms with E-state index < -0.39 is 21.8 Å². The number of aryl methyl sites for hydroxylation is 2. The van der Waals surface area contributed by atoms with E-state index in [0.717, 1.165) is 30.4 Å². The van der Waals surface area contributed by atoms with Gasteiger partial charge in [-0.3, -0.25) is 9.59 Å². The first kappa shape index (κ1) is 22.1. The SMILES string of the molecule is C=CCNC(=O)C(=O)NCC[C@@H]1CCCCN1S(=O)(=O)c1cc(C)ccc1C. The van der Waals surface area contributed by atoms with Crippen molar-refractivity contribution in [3.8, 4) is 0 Å². The first-order valence-corrected chi connectivity index (χ1v) is 11.0. The van der Waals surface area contributed by atoms with E-state index in [1.807, 2.05) is 19.1 Å². The summed E-state index contributed by atoms with van der Waals surface area (Å²) in [5, 5.41) is 4.98. The van der Waals surface area contributed by atoms with Gasteiger partial charge in [-0.25, -0.2) is 8.42 Å². The van der Waals surface area contributed by atoms with Crippen LogP contribution < -0.4 is 10.6 Å². The van der Waals surface area contributed by atoms with E-state index in [-0.39, 0.29) is 19.1 Å². The molecule has 1 aromatic rings. The lowest BCUT2D eigenvalue weighted by Gasteiger charge is -2.35. The molecule has 2 amide bonds. The number of sulfonamides is 1. The van der Waals surface area contributed by atoms with Crippen molar-refractivity contribution >= 4 is 21.8 Å².